The highest BCUT2D eigenvalue weighted by molar-refractivity contribution is 5.43. The van der Waals surface area contributed by atoms with E-state index in [4.69, 9.17) is 9.47 Å². The lowest BCUT2D eigenvalue weighted by molar-refractivity contribution is 0.0822. The van der Waals surface area contributed by atoms with Crippen molar-refractivity contribution in [2.24, 2.45) is 0 Å². The van der Waals surface area contributed by atoms with E-state index in [0.29, 0.717) is 12.1 Å². The van der Waals surface area contributed by atoms with Crippen molar-refractivity contribution in [3.63, 3.8) is 0 Å². The molecule has 0 radical (unpaired) electrons. The van der Waals surface area contributed by atoms with Gasteiger partial charge < -0.3 is 14.8 Å². The molecule has 3 heteroatoms. The molecule has 1 N–H and O–H groups in total. The maximum atomic E-state index is 6.02. The Morgan fingerprint density at radius 2 is 2.00 bits per heavy atom. The van der Waals surface area contributed by atoms with Crippen molar-refractivity contribution in [1.29, 1.82) is 0 Å². The zero-order chi connectivity index (χ0) is 13.7. The van der Waals surface area contributed by atoms with Crippen LogP contribution in [0, 0.1) is 0 Å². The Hall–Kier alpha value is -1.22. The third kappa shape index (κ3) is 3.63. The first kappa shape index (κ1) is 14.2. The van der Waals surface area contributed by atoms with E-state index in [1.54, 1.807) is 7.11 Å². The van der Waals surface area contributed by atoms with Crippen LogP contribution in [0.3, 0.4) is 0 Å². The molecule has 0 aliphatic heterocycles. The monoisotopic (exact) mass is 263 g/mol. The number of benzene rings is 1. The highest BCUT2D eigenvalue weighted by Gasteiger charge is 2.30. The lowest BCUT2D eigenvalue weighted by Gasteiger charge is -2.36. The molecule has 1 fully saturated rings. The fourth-order valence-corrected chi connectivity index (χ4v) is 2.39. The van der Waals surface area contributed by atoms with Gasteiger partial charge in [-0.3, -0.25) is 0 Å². The molecule has 2 rings (SSSR count). The number of methoxy groups -OCH3 is 1. The van der Waals surface area contributed by atoms with Crippen LogP contribution < -0.4 is 14.8 Å². The van der Waals surface area contributed by atoms with E-state index in [0.717, 1.165) is 37.3 Å². The molecule has 19 heavy (non-hydrogen) atoms. The Balaban J connectivity index is 1.87. The number of rotatable bonds is 7. The summed E-state index contributed by atoms with van der Waals surface area (Å²) in [5.74, 6) is 1.72. The summed E-state index contributed by atoms with van der Waals surface area (Å²) in [7, 11) is 1.70. The number of aryl methyl sites for hydroxylation is 1. The van der Waals surface area contributed by atoms with Crippen molar-refractivity contribution in [3.8, 4) is 11.5 Å². The molecular formula is C16H25NO2. The van der Waals surface area contributed by atoms with Crippen LogP contribution in [0.15, 0.2) is 18.2 Å². The van der Waals surface area contributed by atoms with Crippen LogP contribution in [0.1, 0.15) is 38.7 Å². The van der Waals surface area contributed by atoms with E-state index in [9.17, 15) is 0 Å². The first-order chi connectivity index (χ1) is 9.26. The van der Waals surface area contributed by atoms with Gasteiger partial charge in [-0.2, -0.15) is 0 Å². The predicted molar refractivity (Wildman–Crippen MR) is 78.1 cm³/mol. The molecule has 106 valence electrons. The molecule has 0 heterocycles. The molecule has 1 saturated carbocycles. The summed E-state index contributed by atoms with van der Waals surface area (Å²) in [6.07, 6.45) is 4.73. The number of nitrogens with one attached hydrogen (secondary N) is 1. The fourth-order valence-electron chi connectivity index (χ4n) is 2.39. The SMILES string of the molecule is CCCNC1CC(Oc2ccc(CC)cc2OC)C1. The maximum absolute atomic E-state index is 6.02. The van der Waals surface area contributed by atoms with Gasteiger partial charge in [-0.1, -0.05) is 19.9 Å². The lowest BCUT2D eigenvalue weighted by Crippen LogP contribution is -2.47. The Labute approximate surface area is 116 Å². The Bertz CT molecular complexity index is 400. The van der Waals surface area contributed by atoms with E-state index in [2.05, 4.69) is 31.3 Å². The van der Waals surface area contributed by atoms with E-state index >= 15 is 0 Å². The molecule has 0 unspecified atom stereocenters. The fraction of sp³-hybridized carbons (Fsp3) is 0.625. The molecule has 0 amide bonds. The molecule has 1 aromatic rings. The van der Waals surface area contributed by atoms with Gasteiger partial charge in [0.15, 0.2) is 11.5 Å². The standard InChI is InChI=1S/C16H25NO2/c1-4-8-17-13-10-14(11-13)19-15-7-6-12(5-2)9-16(15)18-3/h6-7,9,13-14,17H,4-5,8,10-11H2,1-3H3. The van der Waals surface area contributed by atoms with Gasteiger partial charge in [0.2, 0.25) is 0 Å². The van der Waals surface area contributed by atoms with Gasteiger partial charge in [-0.15, -0.1) is 0 Å². The van der Waals surface area contributed by atoms with Crippen LogP contribution >= 0.6 is 0 Å². The molecule has 0 bridgehead atoms. The molecule has 1 aromatic carbocycles. The van der Waals surface area contributed by atoms with Crippen molar-refractivity contribution < 1.29 is 9.47 Å². The molecule has 1 aliphatic rings. The van der Waals surface area contributed by atoms with Crippen LogP contribution in [0.25, 0.3) is 0 Å². The number of hydrogen-bond acceptors (Lipinski definition) is 3. The first-order valence-electron chi connectivity index (χ1n) is 7.33. The molecule has 3 nitrogen and oxygen atoms in total. The third-order valence-electron chi connectivity index (χ3n) is 3.71. The largest absolute Gasteiger partial charge is 0.493 e. The van der Waals surface area contributed by atoms with E-state index in [-0.39, 0.29) is 0 Å². The number of ether oxygens (including phenoxy) is 2. The van der Waals surface area contributed by atoms with Crippen molar-refractivity contribution in [2.45, 2.75) is 51.7 Å². The van der Waals surface area contributed by atoms with E-state index in [1.165, 1.54) is 12.0 Å². The lowest BCUT2D eigenvalue weighted by atomic mass is 9.89. The maximum Gasteiger partial charge on any atom is 0.161 e. The van der Waals surface area contributed by atoms with Crippen molar-refractivity contribution in [1.82, 2.24) is 5.32 Å². The zero-order valence-electron chi connectivity index (χ0n) is 12.2. The Morgan fingerprint density at radius 1 is 1.21 bits per heavy atom. The summed E-state index contributed by atoms with van der Waals surface area (Å²) in [4.78, 5) is 0. The first-order valence-corrected chi connectivity index (χ1v) is 7.33. The van der Waals surface area contributed by atoms with Crippen LogP contribution in [-0.4, -0.2) is 25.8 Å². The second kappa shape index (κ2) is 6.80. The van der Waals surface area contributed by atoms with Crippen molar-refractivity contribution >= 4 is 0 Å². The van der Waals surface area contributed by atoms with Crippen LogP contribution in [-0.2, 0) is 6.42 Å². The third-order valence-corrected chi connectivity index (χ3v) is 3.71. The molecule has 1 aliphatic carbocycles. The summed E-state index contributed by atoms with van der Waals surface area (Å²) in [6, 6.07) is 6.85. The molecule has 0 spiro atoms. The summed E-state index contributed by atoms with van der Waals surface area (Å²) in [5, 5.41) is 3.52. The zero-order valence-corrected chi connectivity index (χ0v) is 12.2. The normalized spacial score (nSPS) is 21.8. The van der Waals surface area contributed by atoms with Gasteiger partial charge in [0.25, 0.3) is 0 Å². The Kier molecular flexibility index (Phi) is 5.08. The van der Waals surface area contributed by atoms with Crippen LogP contribution in [0.5, 0.6) is 11.5 Å². The summed E-state index contributed by atoms with van der Waals surface area (Å²) >= 11 is 0. The predicted octanol–water partition coefficient (Wildman–Crippen LogP) is 3.17. The quantitative estimate of drug-likeness (QED) is 0.819. The van der Waals surface area contributed by atoms with Crippen molar-refractivity contribution in [3.05, 3.63) is 23.8 Å². The second-order valence-electron chi connectivity index (χ2n) is 5.20. The minimum atomic E-state index is 0.329. The van der Waals surface area contributed by atoms with Crippen LogP contribution in [0.4, 0.5) is 0 Å². The van der Waals surface area contributed by atoms with Gasteiger partial charge in [0.05, 0.1) is 7.11 Å². The number of hydrogen-bond donors (Lipinski definition) is 1. The minimum Gasteiger partial charge on any atom is -0.493 e. The van der Waals surface area contributed by atoms with E-state index in [1.807, 2.05) is 6.07 Å². The van der Waals surface area contributed by atoms with E-state index < -0.39 is 0 Å². The van der Waals surface area contributed by atoms with Crippen LogP contribution in [0.2, 0.25) is 0 Å². The highest BCUT2D eigenvalue weighted by Crippen LogP contribution is 2.33. The Morgan fingerprint density at radius 3 is 2.63 bits per heavy atom. The van der Waals surface area contributed by atoms with Gasteiger partial charge in [-0.25, -0.2) is 0 Å². The van der Waals surface area contributed by atoms with Gasteiger partial charge >= 0.3 is 0 Å². The van der Waals surface area contributed by atoms with Gasteiger partial charge in [-0.05, 0) is 49.9 Å². The molecule has 0 saturated heterocycles. The minimum absolute atomic E-state index is 0.329. The summed E-state index contributed by atoms with van der Waals surface area (Å²) in [6.45, 7) is 5.44. The molecule has 0 aromatic heterocycles. The average molecular weight is 263 g/mol. The smallest absolute Gasteiger partial charge is 0.161 e. The molecule has 0 atom stereocenters. The average Bonchev–Trinajstić information content (AvgIpc) is 2.41. The van der Waals surface area contributed by atoms with Gasteiger partial charge in [0, 0.05) is 6.04 Å². The molecular weight excluding hydrogens is 238 g/mol. The van der Waals surface area contributed by atoms with Gasteiger partial charge in [0.1, 0.15) is 6.10 Å². The topological polar surface area (TPSA) is 30.5 Å². The summed E-state index contributed by atoms with van der Waals surface area (Å²) in [5.41, 5.74) is 1.28. The summed E-state index contributed by atoms with van der Waals surface area (Å²) < 4.78 is 11.4. The highest BCUT2D eigenvalue weighted by atomic mass is 16.5. The second-order valence-corrected chi connectivity index (χ2v) is 5.20. The van der Waals surface area contributed by atoms with Crippen molar-refractivity contribution in [2.75, 3.05) is 13.7 Å².